The molecule has 0 radical (unpaired) electrons. The third-order valence-electron chi connectivity index (χ3n) is 28.9. The average molecular weight is 1850 g/mol. The molecule has 0 aliphatic heterocycles. The van der Waals surface area contributed by atoms with Crippen molar-refractivity contribution in [1.29, 1.82) is 0 Å². The lowest BCUT2D eigenvalue weighted by molar-refractivity contribution is 0.661. The zero-order valence-electron chi connectivity index (χ0n) is 77.2. The second kappa shape index (κ2) is 32.2. The number of hydrogen-bond acceptors (Lipinski definition) is 11. The molecular weight excluding hydrogens is 1770 g/mol. The van der Waals surface area contributed by atoms with Gasteiger partial charge in [0.2, 0.25) is 0 Å². The zero-order chi connectivity index (χ0) is 94.2. The minimum absolute atomic E-state index is 0.0816. The number of furan rings is 4. The van der Waals surface area contributed by atoms with Gasteiger partial charge in [0.25, 0.3) is 0 Å². The van der Waals surface area contributed by atoms with Crippen LogP contribution in [0.1, 0.15) is 25.0 Å². The molecule has 670 valence electrons. The summed E-state index contributed by atoms with van der Waals surface area (Å²) in [4.78, 5) is 31.6. The van der Waals surface area contributed by atoms with E-state index in [-0.39, 0.29) is 5.41 Å². The van der Waals surface area contributed by atoms with Gasteiger partial charge in [-0.3, -0.25) is 13.7 Å². The normalized spacial score (nSPS) is 12.5. The number of thiophene rings is 1. The highest BCUT2D eigenvalue weighted by Gasteiger charge is 2.37. The Kier molecular flexibility index (Phi) is 18.3. The number of aromatic nitrogens is 9. The van der Waals surface area contributed by atoms with Crippen LogP contribution in [-0.2, 0) is 5.41 Å². The van der Waals surface area contributed by atoms with Crippen molar-refractivity contribution in [2.45, 2.75) is 19.3 Å². The fraction of sp³-hybridized carbons (Fsp3) is 0.0233. The monoisotopic (exact) mass is 1850 g/mol. The number of para-hydroxylation sites is 7. The van der Waals surface area contributed by atoms with E-state index in [0.717, 1.165) is 205 Å². The summed E-state index contributed by atoms with van der Waals surface area (Å²) in [5.74, 6) is 4.43. The quantitative estimate of drug-likeness (QED) is 0.130. The highest BCUT2D eigenvalue weighted by atomic mass is 32.1. The topological polar surface area (TPSA) is 145 Å². The molecule has 30 aromatic rings. The maximum absolute atomic E-state index is 6.31. The van der Waals surface area contributed by atoms with Gasteiger partial charge in [-0.25, -0.2) is 29.9 Å². The van der Waals surface area contributed by atoms with E-state index in [0.29, 0.717) is 17.5 Å². The van der Waals surface area contributed by atoms with Crippen molar-refractivity contribution in [3.8, 4) is 108 Å². The van der Waals surface area contributed by atoms with Crippen LogP contribution >= 0.6 is 11.3 Å². The summed E-state index contributed by atoms with van der Waals surface area (Å²) >= 11 is 1.85. The number of benzene rings is 19. The fourth-order valence-corrected chi connectivity index (χ4v) is 23.2. The Morgan fingerprint density at radius 1 is 0.196 bits per heavy atom. The van der Waals surface area contributed by atoms with Gasteiger partial charge in [-0.15, -0.1) is 11.3 Å². The Morgan fingerprint density at radius 2 is 0.559 bits per heavy atom. The summed E-state index contributed by atoms with van der Waals surface area (Å²) in [7, 11) is 0. The molecule has 143 heavy (non-hydrogen) atoms. The van der Waals surface area contributed by atoms with Gasteiger partial charge >= 0.3 is 0 Å². The van der Waals surface area contributed by atoms with E-state index >= 15 is 0 Å². The number of hydrogen-bond donors (Lipinski definition) is 0. The predicted molar refractivity (Wildman–Crippen MR) is 587 cm³/mol. The summed E-state index contributed by atoms with van der Waals surface area (Å²) in [6.07, 6.45) is 0. The van der Waals surface area contributed by atoms with Gasteiger partial charge in [0, 0.05) is 153 Å². The van der Waals surface area contributed by atoms with E-state index < -0.39 is 0 Å². The van der Waals surface area contributed by atoms with Crippen molar-refractivity contribution in [2.24, 2.45) is 0 Å². The molecule has 0 N–H and O–H groups in total. The SMILES string of the molecule is CC1(C)c2ccccc2-c2cc3c(cc21)c1ccccc1n3-c1cc(-c2ccccc2)nc(-c2ccc3oc4ccccc4c3c2)n1.c1ccc(-c2cc(-n3c4ccccc4c4cc5oc6ccccc6c5cc43)nc(-c3ccc4oc5ccccc5c4c3)n2)cc1.c1ccc(-c2ccc(-c3cc(-n4c5ccccc5c5cc6sc7ccccc7c6cc54)nc(-c4cccc5oc6ccccc6c45)n3)cc2)cc1. The van der Waals surface area contributed by atoms with Crippen molar-refractivity contribution in [1.82, 2.24) is 43.6 Å². The molecule has 0 atom stereocenters. The number of fused-ring (bicyclic) bond motifs is 27. The first-order chi connectivity index (χ1) is 70.6. The molecule has 0 bridgehead atoms. The smallest absolute Gasteiger partial charge is 0.162 e. The Morgan fingerprint density at radius 3 is 1.11 bits per heavy atom. The molecule has 14 heteroatoms. The highest BCUT2D eigenvalue weighted by molar-refractivity contribution is 7.25. The zero-order valence-corrected chi connectivity index (χ0v) is 78.0. The molecule has 1 aliphatic rings. The second-order valence-electron chi connectivity index (χ2n) is 37.4. The molecule has 19 aromatic carbocycles. The van der Waals surface area contributed by atoms with Crippen LogP contribution in [0, 0.1) is 0 Å². The van der Waals surface area contributed by atoms with Gasteiger partial charge < -0.3 is 17.7 Å². The third kappa shape index (κ3) is 13.2. The molecule has 0 unspecified atom stereocenters. The predicted octanol–water partition coefficient (Wildman–Crippen LogP) is 34.7. The van der Waals surface area contributed by atoms with Gasteiger partial charge in [0.05, 0.1) is 50.2 Å². The van der Waals surface area contributed by atoms with E-state index in [4.69, 9.17) is 47.6 Å². The maximum atomic E-state index is 6.31. The van der Waals surface area contributed by atoms with Crippen LogP contribution in [0.2, 0.25) is 0 Å². The van der Waals surface area contributed by atoms with E-state index in [2.05, 4.69) is 349 Å². The first-order valence-corrected chi connectivity index (χ1v) is 49.0. The average Bonchev–Trinajstić information content (AvgIpc) is 1.55. The lowest BCUT2D eigenvalue weighted by Crippen LogP contribution is -2.14. The second-order valence-corrected chi connectivity index (χ2v) is 38.5. The van der Waals surface area contributed by atoms with Gasteiger partial charge in [-0.2, -0.15) is 0 Å². The number of rotatable bonds is 10. The molecule has 11 aromatic heterocycles. The van der Waals surface area contributed by atoms with Crippen LogP contribution < -0.4 is 0 Å². The third-order valence-corrected chi connectivity index (χ3v) is 30.0. The van der Waals surface area contributed by atoms with Gasteiger partial charge in [0.15, 0.2) is 17.5 Å². The minimum Gasteiger partial charge on any atom is -0.456 e. The first-order valence-electron chi connectivity index (χ1n) is 48.2. The highest BCUT2D eigenvalue weighted by Crippen LogP contribution is 2.53. The molecule has 13 nitrogen and oxygen atoms in total. The Bertz CT molecular complexity index is 10500. The summed E-state index contributed by atoms with van der Waals surface area (Å²) in [5.41, 5.74) is 29.6. The van der Waals surface area contributed by atoms with Gasteiger partial charge in [-0.05, 0) is 161 Å². The molecule has 0 fully saturated rings. The lowest BCUT2D eigenvalue weighted by atomic mass is 9.82. The molecule has 0 amide bonds. The van der Waals surface area contributed by atoms with Crippen molar-refractivity contribution >= 4 is 185 Å². The number of nitrogens with zero attached hydrogens (tertiary/aromatic N) is 9. The molecule has 0 saturated heterocycles. The molecule has 31 rings (SSSR count). The Labute approximate surface area is 821 Å². The largest absolute Gasteiger partial charge is 0.456 e. The van der Waals surface area contributed by atoms with E-state index in [1.807, 2.05) is 133 Å². The molecule has 1 aliphatic carbocycles. The van der Waals surface area contributed by atoms with E-state index in [9.17, 15) is 0 Å². The van der Waals surface area contributed by atoms with Crippen LogP contribution in [-0.4, -0.2) is 43.6 Å². The van der Waals surface area contributed by atoms with Crippen molar-refractivity contribution in [2.75, 3.05) is 0 Å². The van der Waals surface area contributed by atoms with Crippen LogP contribution in [0.3, 0.4) is 0 Å². The minimum atomic E-state index is -0.0816. The Balaban J connectivity index is 0.000000102. The fourth-order valence-electron chi connectivity index (χ4n) is 22.1. The van der Waals surface area contributed by atoms with Crippen LogP contribution in [0.25, 0.3) is 281 Å². The molecular formula is C129H79N9O4S. The molecule has 11 heterocycles. The van der Waals surface area contributed by atoms with E-state index in [1.54, 1.807) is 0 Å². The standard InChI is InChI=1S/C46H27N3OS.C43H29N3O.C40H23N3O2/c1-2-11-28(12-3-1)29-21-23-30(24-22-29)37-27-44(48-46(47-37)34-16-10-19-41-45(34)33-15-5-8-18-40(33)50-41)49-38-17-7-4-13-31(38)35-26-43-36(25-39(35)49)32-14-6-9-20-42(32)51-43;1-43(2)34-17-9-6-14-28(34)31-24-38-32(23-35(31)43)29-15-7-10-18-37(29)46(38)41-25-36(26-12-4-3-5-13-26)44-42(45-41)27-20-21-40-33(22-27)30-16-8-11-19-39(30)47-40;1-2-10-24(11-3-1)32-23-39(42-40(41-32)25-18-19-37-30(20-25)27-13-5-8-16-35(27)44-37)43-33-15-7-4-12-26(33)29-22-38-31(21-34(29)43)28-14-6-9-17-36(28)45-38/h1-27H;3-25H,1-2H3;1-23H. The molecule has 0 spiro atoms. The van der Waals surface area contributed by atoms with Gasteiger partial charge in [-0.1, -0.05) is 311 Å². The van der Waals surface area contributed by atoms with Crippen LogP contribution in [0.5, 0.6) is 0 Å². The van der Waals surface area contributed by atoms with Crippen LogP contribution in [0.4, 0.5) is 0 Å². The van der Waals surface area contributed by atoms with Gasteiger partial charge in [0.1, 0.15) is 62.1 Å². The van der Waals surface area contributed by atoms with Crippen molar-refractivity contribution in [3.05, 3.63) is 454 Å². The van der Waals surface area contributed by atoms with E-state index in [1.165, 1.54) is 69.5 Å². The summed E-state index contributed by atoms with van der Waals surface area (Å²) in [6.45, 7) is 4.68. The van der Waals surface area contributed by atoms with Crippen LogP contribution in [0.15, 0.2) is 461 Å². The lowest BCUT2D eigenvalue weighted by Gasteiger charge is -2.21. The summed E-state index contributed by atoms with van der Waals surface area (Å²) < 4.78 is 34.4. The summed E-state index contributed by atoms with van der Waals surface area (Å²) in [5, 5.41) is 18.2. The Hall–Kier alpha value is -18.8. The van der Waals surface area contributed by atoms with Crippen molar-refractivity contribution < 1.29 is 17.7 Å². The molecule has 0 saturated carbocycles. The summed E-state index contributed by atoms with van der Waals surface area (Å²) in [6, 6.07) is 155. The first kappa shape index (κ1) is 81.4. The van der Waals surface area contributed by atoms with Crippen molar-refractivity contribution in [3.63, 3.8) is 0 Å². The maximum Gasteiger partial charge on any atom is 0.162 e.